The molecule has 1 fully saturated rings. The van der Waals surface area contributed by atoms with Gasteiger partial charge in [0.2, 0.25) is 0 Å². The van der Waals surface area contributed by atoms with E-state index < -0.39 is 42.2 Å². The number of aliphatic hydroxyl groups is 1. The summed E-state index contributed by atoms with van der Waals surface area (Å²) in [7, 11) is 0. The Hall–Kier alpha value is -2.82. The molecule has 0 amide bonds. The van der Waals surface area contributed by atoms with Gasteiger partial charge in [-0.25, -0.2) is 9.67 Å². The predicted octanol–water partition coefficient (Wildman–Crippen LogP) is 4.50. The number of hydrogen-bond donors (Lipinski definition) is 1. The first-order valence-electron chi connectivity index (χ1n) is 9.51. The van der Waals surface area contributed by atoms with Crippen molar-refractivity contribution in [3.05, 3.63) is 59.9 Å². The summed E-state index contributed by atoms with van der Waals surface area (Å²) in [5.74, 6) is -0.144. The summed E-state index contributed by atoms with van der Waals surface area (Å²) in [5.41, 5.74) is -3.21. The molecule has 31 heavy (non-hydrogen) atoms. The SMILES string of the molecule is OCCc1nc(C(F)(F)F)c(CC2(C(F)(F)F)CC2)n1-c1ccc(-n2cccn2)cc1. The van der Waals surface area contributed by atoms with E-state index in [1.54, 1.807) is 30.6 Å². The van der Waals surface area contributed by atoms with Crippen molar-refractivity contribution in [1.82, 2.24) is 19.3 Å². The summed E-state index contributed by atoms with van der Waals surface area (Å²) in [6.45, 7) is -0.496. The average molecular weight is 444 g/mol. The molecule has 1 N–H and O–H groups in total. The van der Waals surface area contributed by atoms with Crippen LogP contribution in [0.25, 0.3) is 11.4 Å². The van der Waals surface area contributed by atoms with E-state index in [4.69, 9.17) is 0 Å². The van der Waals surface area contributed by atoms with E-state index in [2.05, 4.69) is 10.1 Å². The summed E-state index contributed by atoms with van der Waals surface area (Å²) in [5, 5.41) is 13.4. The van der Waals surface area contributed by atoms with Gasteiger partial charge >= 0.3 is 12.4 Å². The minimum absolute atomic E-state index is 0.144. The van der Waals surface area contributed by atoms with Gasteiger partial charge < -0.3 is 5.11 Å². The summed E-state index contributed by atoms with van der Waals surface area (Å²) < 4.78 is 84.4. The number of benzene rings is 1. The molecule has 0 spiro atoms. The number of hydrogen-bond acceptors (Lipinski definition) is 3. The van der Waals surface area contributed by atoms with Gasteiger partial charge in [0.15, 0.2) is 5.69 Å². The molecule has 1 saturated carbocycles. The standard InChI is InChI=1S/C20H18F6N4O/c21-19(22,23)17-15(12-18(7-8-18)20(24,25)26)30(16(28-17)6-11-31)14-4-2-13(3-5-14)29-10-1-9-27-29/h1-5,9-10,31H,6-8,11-12H2. The second-order valence-corrected chi connectivity index (χ2v) is 7.55. The van der Waals surface area contributed by atoms with E-state index in [0.29, 0.717) is 5.69 Å². The molecular formula is C20H18F6N4O. The minimum Gasteiger partial charge on any atom is -0.396 e. The Labute approximate surface area is 172 Å². The molecule has 0 aliphatic heterocycles. The lowest BCUT2D eigenvalue weighted by molar-refractivity contribution is -0.187. The van der Waals surface area contributed by atoms with Crippen LogP contribution in [0.2, 0.25) is 0 Å². The van der Waals surface area contributed by atoms with Gasteiger partial charge in [-0.2, -0.15) is 31.4 Å². The summed E-state index contributed by atoms with van der Waals surface area (Å²) in [4.78, 5) is 3.61. The van der Waals surface area contributed by atoms with E-state index in [1.807, 2.05) is 0 Å². The van der Waals surface area contributed by atoms with E-state index >= 15 is 0 Å². The van der Waals surface area contributed by atoms with Gasteiger partial charge in [-0.15, -0.1) is 0 Å². The molecule has 0 radical (unpaired) electrons. The molecule has 1 aliphatic carbocycles. The van der Waals surface area contributed by atoms with Crippen molar-refractivity contribution in [2.24, 2.45) is 5.41 Å². The monoisotopic (exact) mass is 444 g/mol. The molecule has 2 heterocycles. The van der Waals surface area contributed by atoms with Crippen LogP contribution in [0.15, 0.2) is 42.7 Å². The smallest absolute Gasteiger partial charge is 0.396 e. The van der Waals surface area contributed by atoms with Crippen LogP contribution >= 0.6 is 0 Å². The van der Waals surface area contributed by atoms with Gasteiger partial charge in [-0.3, -0.25) is 4.57 Å². The largest absolute Gasteiger partial charge is 0.435 e. The topological polar surface area (TPSA) is 55.9 Å². The third-order valence-electron chi connectivity index (χ3n) is 5.48. The summed E-state index contributed by atoms with van der Waals surface area (Å²) in [6, 6.07) is 7.88. The molecule has 166 valence electrons. The van der Waals surface area contributed by atoms with Crippen LogP contribution in [0.1, 0.15) is 30.1 Å². The first kappa shape index (κ1) is 21.4. The van der Waals surface area contributed by atoms with Crippen LogP contribution in [0, 0.1) is 5.41 Å². The lowest BCUT2D eigenvalue weighted by atomic mass is 9.98. The molecule has 0 unspecified atom stereocenters. The highest BCUT2D eigenvalue weighted by molar-refractivity contribution is 5.45. The first-order valence-corrected chi connectivity index (χ1v) is 9.51. The summed E-state index contributed by atoms with van der Waals surface area (Å²) in [6.07, 6.45) is -7.83. The number of rotatable bonds is 6. The van der Waals surface area contributed by atoms with Crippen LogP contribution in [-0.2, 0) is 19.0 Å². The van der Waals surface area contributed by atoms with E-state index in [-0.39, 0.29) is 30.8 Å². The number of nitrogens with zero attached hydrogens (tertiary/aromatic N) is 4. The lowest BCUT2D eigenvalue weighted by Gasteiger charge is -2.22. The Morgan fingerprint density at radius 3 is 2.13 bits per heavy atom. The molecule has 1 aliphatic rings. The highest BCUT2D eigenvalue weighted by Gasteiger charge is 2.63. The minimum atomic E-state index is -4.93. The molecule has 3 aromatic rings. The molecule has 0 saturated heterocycles. The van der Waals surface area contributed by atoms with Crippen molar-refractivity contribution >= 4 is 0 Å². The van der Waals surface area contributed by atoms with E-state index in [9.17, 15) is 31.4 Å². The Balaban J connectivity index is 1.84. The van der Waals surface area contributed by atoms with Crippen molar-refractivity contribution in [3.8, 4) is 11.4 Å². The Morgan fingerprint density at radius 1 is 1.00 bits per heavy atom. The zero-order valence-corrected chi connectivity index (χ0v) is 16.1. The molecule has 11 heteroatoms. The first-order chi connectivity index (χ1) is 14.6. The average Bonchev–Trinajstić information content (AvgIpc) is 3.13. The van der Waals surface area contributed by atoms with Crippen LogP contribution < -0.4 is 0 Å². The third-order valence-corrected chi connectivity index (χ3v) is 5.48. The van der Waals surface area contributed by atoms with Gasteiger partial charge in [0, 0.05) is 30.9 Å². The number of aromatic nitrogens is 4. The molecular weight excluding hydrogens is 426 g/mol. The van der Waals surface area contributed by atoms with Crippen molar-refractivity contribution in [3.63, 3.8) is 0 Å². The van der Waals surface area contributed by atoms with Crippen molar-refractivity contribution in [2.75, 3.05) is 6.61 Å². The lowest BCUT2D eigenvalue weighted by Crippen LogP contribution is -2.28. The van der Waals surface area contributed by atoms with Crippen LogP contribution in [-0.4, -0.2) is 37.2 Å². The summed E-state index contributed by atoms with van der Waals surface area (Å²) >= 11 is 0. The van der Waals surface area contributed by atoms with E-state index in [1.165, 1.54) is 16.8 Å². The quantitative estimate of drug-likeness (QED) is 0.570. The van der Waals surface area contributed by atoms with Crippen LogP contribution in [0.3, 0.4) is 0 Å². The molecule has 4 rings (SSSR count). The van der Waals surface area contributed by atoms with Gasteiger partial charge in [0.05, 0.1) is 23.4 Å². The molecule has 5 nitrogen and oxygen atoms in total. The van der Waals surface area contributed by atoms with Crippen molar-refractivity contribution < 1.29 is 31.4 Å². The molecule has 0 atom stereocenters. The second kappa shape index (κ2) is 7.40. The highest BCUT2D eigenvalue weighted by Crippen LogP contribution is 2.60. The number of alkyl halides is 6. The highest BCUT2D eigenvalue weighted by atomic mass is 19.4. The molecule has 1 aromatic carbocycles. The zero-order chi connectivity index (χ0) is 22.4. The third kappa shape index (κ3) is 3.93. The number of aliphatic hydroxyl groups excluding tert-OH is 1. The maximum Gasteiger partial charge on any atom is 0.435 e. The van der Waals surface area contributed by atoms with Gasteiger partial charge in [0.1, 0.15) is 5.82 Å². The van der Waals surface area contributed by atoms with E-state index in [0.717, 1.165) is 4.57 Å². The predicted molar refractivity (Wildman–Crippen MR) is 97.9 cm³/mol. The van der Waals surface area contributed by atoms with Gasteiger partial charge in [-0.05, 0) is 43.2 Å². The zero-order valence-electron chi connectivity index (χ0n) is 16.1. The van der Waals surface area contributed by atoms with Crippen LogP contribution in [0.5, 0.6) is 0 Å². The Kier molecular flexibility index (Phi) is 5.11. The fourth-order valence-corrected chi connectivity index (χ4v) is 3.68. The van der Waals surface area contributed by atoms with Gasteiger partial charge in [0.25, 0.3) is 0 Å². The Morgan fingerprint density at radius 2 is 1.65 bits per heavy atom. The van der Waals surface area contributed by atoms with Gasteiger partial charge in [-0.1, -0.05) is 0 Å². The van der Waals surface area contributed by atoms with Crippen LogP contribution in [0.4, 0.5) is 26.3 Å². The Bertz CT molecular complexity index is 1050. The second-order valence-electron chi connectivity index (χ2n) is 7.55. The fraction of sp³-hybridized carbons (Fsp3) is 0.400. The number of halogens is 6. The number of imidazole rings is 1. The maximum absolute atomic E-state index is 13.7. The maximum atomic E-state index is 13.7. The fourth-order valence-electron chi connectivity index (χ4n) is 3.68. The molecule has 2 aromatic heterocycles. The van der Waals surface area contributed by atoms with Crippen molar-refractivity contribution in [2.45, 2.75) is 38.0 Å². The normalized spacial score (nSPS) is 16.0. The van der Waals surface area contributed by atoms with Crippen molar-refractivity contribution in [1.29, 1.82) is 0 Å². The molecule has 0 bridgehead atoms.